The molecule has 0 saturated heterocycles. The van der Waals surface area contributed by atoms with Crippen molar-refractivity contribution in [2.45, 2.75) is 33.4 Å². The number of amides is 1. The first-order valence-corrected chi connectivity index (χ1v) is 11.1. The summed E-state index contributed by atoms with van der Waals surface area (Å²) < 4.78 is 13.5. The Kier molecular flexibility index (Phi) is 6.83. The van der Waals surface area contributed by atoms with E-state index in [0.717, 1.165) is 16.8 Å². The largest absolute Gasteiger partial charge is 0.456 e. The summed E-state index contributed by atoms with van der Waals surface area (Å²) in [6.45, 7) is 3.73. The molecule has 0 aliphatic heterocycles. The minimum atomic E-state index is -0.634. The Morgan fingerprint density at radius 1 is 1.06 bits per heavy atom. The molecule has 0 atom stereocenters. The molecule has 0 aliphatic carbocycles. The lowest BCUT2D eigenvalue weighted by Crippen LogP contribution is -2.24. The number of oxazole rings is 1. The van der Waals surface area contributed by atoms with Gasteiger partial charge in [0.25, 0.3) is 5.91 Å². The fourth-order valence-corrected chi connectivity index (χ4v) is 3.91. The second kappa shape index (κ2) is 10.1. The van der Waals surface area contributed by atoms with Crippen LogP contribution in [0.15, 0.2) is 63.8 Å². The number of carbonyl (C=O) groups excluding carboxylic acids is 2. The molecule has 9 nitrogen and oxygen atoms in total. The lowest BCUT2D eigenvalue weighted by Gasteiger charge is -2.13. The zero-order chi connectivity index (χ0) is 24.9. The number of nitrogens with one attached hydrogen (secondary N) is 1. The molecule has 4 aromatic rings. The Morgan fingerprint density at radius 2 is 1.77 bits per heavy atom. The standard InChI is InChI=1S/C26H24N4O5/c1-17-18(2)30(15-19-8-4-3-5-9-19)25(20(17)14-27)28-23(31)16-34-24(32)12-13-29-21-10-6-7-11-22(21)35-26(29)33/h3-11H,12-13,15-16H2,1-2H3,(H,28,31). The van der Waals surface area contributed by atoms with Crippen molar-refractivity contribution in [3.63, 3.8) is 0 Å². The topological polar surface area (TPSA) is 119 Å². The van der Waals surface area contributed by atoms with Gasteiger partial charge in [-0.1, -0.05) is 42.5 Å². The SMILES string of the molecule is Cc1c(C#N)c(NC(=O)COC(=O)CCn2c(=O)oc3ccccc32)n(Cc2ccccc2)c1C. The second-order valence-electron chi connectivity index (χ2n) is 8.06. The maximum atomic E-state index is 12.6. The highest BCUT2D eigenvalue weighted by atomic mass is 16.5. The van der Waals surface area contributed by atoms with E-state index in [-0.39, 0.29) is 13.0 Å². The molecule has 0 saturated carbocycles. The van der Waals surface area contributed by atoms with Gasteiger partial charge in [-0.2, -0.15) is 5.26 Å². The van der Waals surface area contributed by atoms with Crippen molar-refractivity contribution in [1.82, 2.24) is 9.13 Å². The summed E-state index contributed by atoms with van der Waals surface area (Å²) >= 11 is 0. The third kappa shape index (κ3) is 5.01. The van der Waals surface area contributed by atoms with Crippen molar-refractivity contribution in [2.24, 2.45) is 0 Å². The maximum Gasteiger partial charge on any atom is 0.419 e. The number of ether oxygens (including phenoxy) is 1. The van der Waals surface area contributed by atoms with E-state index in [9.17, 15) is 19.6 Å². The Balaban J connectivity index is 1.40. The molecular weight excluding hydrogens is 448 g/mol. The molecule has 35 heavy (non-hydrogen) atoms. The van der Waals surface area contributed by atoms with Crippen molar-refractivity contribution >= 4 is 28.8 Å². The molecule has 0 bridgehead atoms. The molecular formula is C26H24N4O5. The fourth-order valence-electron chi connectivity index (χ4n) is 3.91. The molecule has 9 heteroatoms. The van der Waals surface area contributed by atoms with E-state index < -0.39 is 24.2 Å². The normalized spacial score (nSPS) is 10.8. The minimum absolute atomic E-state index is 0.0627. The number of hydrogen-bond acceptors (Lipinski definition) is 6. The highest BCUT2D eigenvalue weighted by molar-refractivity contribution is 5.93. The summed E-state index contributed by atoms with van der Waals surface area (Å²) in [6, 6.07) is 18.7. The first-order chi connectivity index (χ1) is 16.9. The van der Waals surface area contributed by atoms with Gasteiger partial charge in [-0.3, -0.25) is 14.2 Å². The monoisotopic (exact) mass is 472 g/mol. The number of esters is 1. The highest BCUT2D eigenvalue weighted by Crippen LogP contribution is 2.27. The van der Waals surface area contributed by atoms with Crippen LogP contribution in [0, 0.1) is 25.2 Å². The number of nitriles is 1. The quantitative estimate of drug-likeness (QED) is 0.392. The number of nitrogens with zero attached hydrogens (tertiary/aromatic N) is 3. The third-order valence-corrected chi connectivity index (χ3v) is 5.86. The molecule has 0 fully saturated rings. The van der Waals surface area contributed by atoms with Crippen LogP contribution >= 0.6 is 0 Å². The first kappa shape index (κ1) is 23.6. The predicted octanol–water partition coefficient (Wildman–Crippen LogP) is 3.50. The van der Waals surface area contributed by atoms with Crippen LogP contribution < -0.4 is 11.1 Å². The number of benzene rings is 2. The third-order valence-electron chi connectivity index (χ3n) is 5.86. The second-order valence-corrected chi connectivity index (χ2v) is 8.06. The molecule has 0 unspecified atom stereocenters. The summed E-state index contributed by atoms with van der Waals surface area (Å²) in [7, 11) is 0. The average Bonchev–Trinajstić information content (AvgIpc) is 3.29. The number of aromatic nitrogens is 2. The Bertz CT molecular complexity index is 1490. The van der Waals surface area contributed by atoms with Gasteiger partial charge < -0.3 is 19.0 Å². The number of aryl methyl sites for hydroxylation is 1. The van der Waals surface area contributed by atoms with Crippen molar-refractivity contribution < 1.29 is 18.7 Å². The van der Waals surface area contributed by atoms with Gasteiger partial charge in [0, 0.05) is 18.8 Å². The van der Waals surface area contributed by atoms with Crippen LogP contribution in [-0.2, 0) is 27.4 Å². The lowest BCUT2D eigenvalue weighted by molar-refractivity contribution is -0.147. The Morgan fingerprint density at radius 3 is 2.51 bits per heavy atom. The van der Waals surface area contributed by atoms with Crippen LogP contribution in [0.4, 0.5) is 5.82 Å². The van der Waals surface area contributed by atoms with Gasteiger partial charge >= 0.3 is 11.7 Å². The zero-order valence-corrected chi connectivity index (χ0v) is 19.4. The van der Waals surface area contributed by atoms with E-state index in [1.54, 1.807) is 24.3 Å². The summed E-state index contributed by atoms with van der Waals surface area (Å²) in [4.78, 5) is 36.8. The van der Waals surface area contributed by atoms with Gasteiger partial charge in [-0.25, -0.2) is 4.79 Å². The van der Waals surface area contributed by atoms with Gasteiger partial charge in [-0.05, 0) is 37.1 Å². The molecule has 4 rings (SSSR count). The van der Waals surface area contributed by atoms with Crippen LogP contribution in [0.3, 0.4) is 0 Å². The van der Waals surface area contributed by atoms with Crippen LogP contribution in [0.5, 0.6) is 0 Å². The molecule has 0 aliphatic rings. The molecule has 2 aromatic heterocycles. The first-order valence-electron chi connectivity index (χ1n) is 11.1. The average molecular weight is 473 g/mol. The van der Waals surface area contributed by atoms with Crippen molar-refractivity contribution in [3.8, 4) is 6.07 Å². The van der Waals surface area contributed by atoms with E-state index in [1.165, 1.54) is 4.57 Å². The van der Waals surface area contributed by atoms with E-state index in [0.29, 0.717) is 29.0 Å². The minimum Gasteiger partial charge on any atom is -0.456 e. The number of fused-ring (bicyclic) bond motifs is 1. The van der Waals surface area contributed by atoms with Gasteiger partial charge in [0.1, 0.15) is 11.9 Å². The molecule has 1 N–H and O–H groups in total. The van der Waals surface area contributed by atoms with Crippen LogP contribution in [-0.4, -0.2) is 27.6 Å². The number of anilines is 1. The van der Waals surface area contributed by atoms with E-state index in [4.69, 9.17) is 9.15 Å². The fraction of sp³-hybridized carbons (Fsp3) is 0.231. The van der Waals surface area contributed by atoms with Crippen molar-refractivity contribution in [1.29, 1.82) is 5.26 Å². The van der Waals surface area contributed by atoms with E-state index in [1.807, 2.05) is 48.7 Å². The van der Waals surface area contributed by atoms with Crippen LogP contribution in [0.25, 0.3) is 11.1 Å². The van der Waals surface area contributed by atoms with Gasteiger partial charge in [-0.15, -0.1) is 0 Å². The molecule has 2 aromatic carbocycles. The maximum absolute atomic E-state index is 12.6. The molecule has 0 radical (unpaired) electrons. The number of hydrogen-bond donors (Lipinski definition) is 1. The number of para-hydroxylation sites is 2. The number of carbonyl (C=O) groups is 2. The lowest BCUT2D eigenvalue weighted by atomic mass is 10.2. The molecule has 1 amide bonds. The summed E-state index contributed by atoms with van der Waals surface area (Å²) in [5.41, 5.74) is 4.02. The van der Waals surface area contributed by atoms with Gasteiger partial charge in [0.15, 0.2) is 12.2 Å². The smallest absolute Gasteiger partial charge is 0.419 e. The zero-order valence-electron chi connectivity index (χ0n) is 19.4. The Labute approximate surface area is 201 Å². The summed E-state index contributed by atoms with van der Waals surface area (Å²) in [5, 5.41) is 12.4. The van der Waals surface area contributed by atoms with E-state index >= 15 is 0 Å². The van der Waals surface area contributed by atoms with Gasteiger partial charge in [0.2, 0.25) is 0 Å². The predicted molar refractivity (Wildman–Crippen MR) is 129 cm³/mol. The van der Waals surface area contributed by atoms with Crippen molar-refractivity contribution in [3.05, 3.63) is 87.5 Å². The summed E-state index contributed by atoms with van der Waals surface area (Å²) in [5.74, 6) is -1.40. The van der Waals surface area contributed by atoms with Crippen LogP contribution in [0.2, 0.25) is 0 Å². The number of rotatable bonds is 8. The van der Waals surface area contributed by atoms with Gasteiger partial charge in [0.05, 0.1) is 17.5 Å². The van der Waals surface area contributed by atoms with E-state index in [2.05, 4.69) is 11.4 Å². The molecule has 0 spiro atoms. The Hall–Kier alpha value is -4.58. The summed E-state index contributed by atoms with van der Waals surface area (Å²) in [6.07, 6.45) is -0.108. The highest BCUT2D eigenvalue weighted by Gasteiger charge is 2.20. The van der Waals surface area contributed by atoms with Crippen LogP contribution in [0.1, 0.15) is 28.8 Å². The molecule has 178 valence electrons. The van der Waals surface area contributed by atoms with Crippen molar-refractivity contribution in [2.75, 3.05) is 11.9 Å². The molecule has 2 heterocycles.